The molecule has 4 unspecified atom stereocenters. The molecule has 4 atom stereocenters. The number of carbonyl (C=O) groups excluding carboxylic acids is 5. The maximum Gasteiger partial charge on any atom is 0.468 e. The Kier molecular flexibility index (Phi) is 36.2. The zero-order chi connectivity index (χ0) is 107. The van der Waals surface area contributed by atoms with Crippen molar-refractivity contribution in [3.05, 3.63) is 212 Å². The fraction of sp³-hybridized carbons (Fsp3) is 0.569. The molecule has 14 fully saturated rings. The molecular weight excluding hydrogens is 2030 g/mol. The Balaban J connectivity index is 0.000000150. The van der Waals surface area contributed by atoms with Gasteiger partial charge in [-0.15, -0.1) is 0 Å². The van der Waals surface area contributed by atoms with Gasteiger partial charge in [0.15, 0.2) is 40.1 Å². The van der Waals surface area contributed by atoms with Crippen LogP contribution in [0.2, 0.25) is 0 Å². The zero-order valence-electron chi connectivity index (χ0n) is 82.7. The van der Waals surface area contributed by atoms with Crippen LogP contribution in [-0.2, 0) is 109 Å². The van der Waals surface area contributed by atoms with Crippen LogP contribution >= 0.6 is 0 Å². The molecular formula is C109H125F20O15S3+3. The number of ether oxygens (including phenoxy) is 10. The molecule has 2 heterocycles. The van der Waals surface area contributed by atoms with E-state index in [1.807, 2.05) is 0 Å². The van der Waals surface area contributed by atoms with Crippen molar-refractivity contribution < 1.29 is 159 Å². The van der Waals surface area contributed by atoms with Crippen LogP contribution in [0.3, 0.4) is 0 Å². The van der Waals surface area contributed by atoms with Gasteiger partial charge in [-0.2, -0.15) is 70.2 Å². The smallest absolute Gasteiger partial charge is 0.461 e. The average Bonchev–Trinajstić information content (AvgIpc) is 1.70. The lowest BCUT2D eigenvalue weighted by Crippen LogP contribution is -2.66. The van der Waals surface area contributed by atoms with Crippen molar-refractivity contribution in [2.24, 2.45) is 64.1 Å². The van der Waals surface area contributed by atoms with Gasteiger partial charge in [0.1, 0.15) is 30.3 Å². The summed E-state index contributed by atoms with van der Waals surface area (Å²) < 4.78 is 321. The summed E-state index contributed by atoms with van der Waals surface area (Å²) in [5.74, 6) is -47.6. The zero-order valence-corrected chi connectivity index (χ0v) is 85.2. The minimum absolute atomic E-state index is 0.0146. The lowest BCUT2D eigenvalue weighted by molar-refractivity contribution is -0.361. The van der Waals surface area contributed by atoms with E-state index in [4.69, 9.17) is 28.4 Å². The number of carbonyl (C=O) groups is 5. The molecule has 12 saturated carbocycles. The van der Waals surface area contributed by atoms with E-state index in [0.29, 0.717) is 75.6 Å². The van der Waals surface area contributed by atoms with Crippen LogP contribution in [0.1, 0.15) is 183 Å². The first-order valence-electron chi connectivity index (χ1n) is 49.4. The van der Waals surface area contributed by atoms with E-state index >= 15 is 0 Å². The van der Waals surface area contributed by atoms with Crippen molar-refractivity contribution >= 4 is 62.5 Å². The van der Waals surface area contributed by atoms with Gasteiger partial charge in [0.2, 0.25) is 0 Å². The summed E-state index contributed by atoms with van der Waals surface area (Å²) in [6, 6.07) is 73.5. The molecule has 7 aromatic rings. The number of rotatable bonds is 27. The molecule has 0 radical (unpaired) electrons. The lowest BCUT2D eigenvalue weighted by atomic mass is 9.49. The molecule has 2 aliphatic heterocycles. The molecule has 14 aliphatic rings. The summed E-state index contributed by atoms with van der Waals surface area (Å²) in [5, 5.41) is 0. The largest absolute Gasteiger partial charge is 0.468 e. The summed E-state index contributed by atoms with van der Waals surface area (Å²) in [6.07, 6.45) is -6.64. The van der Waals surface area contributed by atoms with Crippen molar-refractivity contribution in [3.8, 4) is 0 Å². The van der Waals surface area contributed by atoms with Crippen LogP contribution < -0.4 is 0 Å². The highest BCUT2D eigenvalue weighted by atomic mass is 32.2. The summed E-state index contributed by atoms with van der Waals surface area (Å²) in [7, 11) is 0.403. The normalized spacial score (nSPS) is 26.4. The second-order valence-electron chi connectivity index (χ2n) is 41.5. The van der Waals surface area contributed by atoms with E-state index in [-0.39, 0.29) is 95.3 Å². The molecule has 0 aromatic heterocycles. The van der Waals surface area contributed by atoms with Crippen molar-refractivity contribution in [3.63, 3.8) is 0 Å². The van der Waals surface area contributed by atoms with Crippen LogP contribution in [-0.4, -0.2) is 171 Å². The predicted octanol–water partition coefficient (Wildman–Crippen LogP) is 26.9. The van der Waals surface area contributed by atoms with E-state index in [9.17, 15) is 112 Å². The predicted molar refractivity (Wildman–Crippen MR) is 508 cm³/mol. The highest BCUT2D eigenvalue weighted by Gasteiger charge is 2.74. The van der Waals surface area contributed by atoms with Gasteiger partial charge in [-0.1, -0.05) is 142 Å². The molecule has 12 aliphatic carbocycles. The number of alkyl halides is 20. The summed E-state index contributed by atoms with van der Waals surface area (Å²) in [4.78, 5) is 72.3. The van der Waals surface area contributed by atoms with E-state index in [1.54, 1.807) is 0 Å². The fourth-order valence-corrected chi connectivity index (χ4v) is 29.0. The number of esters is 5. The molecule has 12 bridgehead atoms. The molecule has 38 heteroatoms. The summed E-state index contributed by atoms with van der Waals surface area (Å²) >= 11 is 0. The lowest BCUT2D eigenvalue weighted by Gasteiger charge is -2.63. The van der Waals surface area contributed by atoms with Gasteiger partial charge in [0, 0.05) is 56.3 Å². The molecule has 1 spiro atoms. The van der Waals surface area contributed by atoms with E-state index < -0.39 is 182 Å². The highest BCUT2D eigenvalue weighted by Crippen LogP contribution is 2.66. The van der Waals surface area contributed by atoms with Crippen molar-refractivity contribution in [1.82, 2.24) is 0 Å². The first-order chi connectivity index (χ1) is 68.9. The topological polar surface area (TPSA) is 178 Å². The average molecular weight is 2150 g/mol. The van der Waals surface area contributed by atoms with Crippen molar-refractivity contribution in [1.29, 1.82) is 0 Å². The van der Waals surface area contributed by atoms with Crippen LogP contribution in [0.5, 0.6) is 0 Å². The Morgan fingerprint density at radius 2 is 0.660 bits per heavy atom. The molecule has 806 valence electrons. The quantitative estimate of drug-likeness (QED) is 0.0156. The first-order valence-corrected chi connectivity index (χ1v) is 53.4. The number of hydrogen-bond acceptors (Lipinski definition) is 15. The van der Waals surface area contributed by atoms with E-state index in [2.05, 4.69) is 246 Å². The molecule has 2 saturated heterocycles. The Hall–Kier alpha value is -8.66. The first kappa shape index (κ1) is 115. The molecule has 15 nitrogen and oxygen atoms in total. The van der Waals surface area contributed by atoms with Gasteiger partial charge < -0.3 is 47.4 Å². The van der Waals surface area contributed by atoms with Gasteiger partial charge in [0.25, 0.3) is 0 Å². The number of benzene rings is 7. The second-order valence-corrected chi connectivity index (χ2v) is 47.8. The number of hydrogen-bond donors (Lipinski definition) is 0. The van der Waals surface area contributed by atoms with E-state index in [1.165, 1.54) is 65.2 Å². The van der Waals surface area contributed by atoms with Gasteiger partial charge in [-0.05, 0) is 260 Å². The molecule has 21 rings (SSSR count). The SMILES string of the molecule is CC(C)(C)c1ccc([S+]2CCOCC2)cc1.CC(F)(F)C(=O)OC12CC3CC(C1)C1(OCC(F)(F)C(F)(F)CO1)C(C3)C2.CCOC(=O)C(OCCC(F)(F)C(C)(F)F)(OC(=O)C12CC3CC(CC(C3)C1)C2)C(F)(F)F.CCOC(=O)C(OCCC(F)(F)C(C)(F)F)(OC(=O)C12CC3CC(CC(C3)C1)C2)C(F)(F)F.c1ccc([S+](c2ccccc2)c2ccccc2)cc1.c1ccc([S+](c2ccccc2)c2ccccc2)cc1. The van der Waals surface area contributed by atoms with E-state index in [0.717, 1.165) is 51.7 Å². The van der Waals surface area contributed by atoms with Gasteiger partial charge in [-0.3, -0.25) is 9.59 Å². The summed E-state index contributed by atoms with van der Waals surface area (Å²) in [6.45, 7) is 3.95. The monoisotopic (exact) mass is 2150 g/mol. The van der Waals surface area contributed by atoms with Crippen LogP contribution in [0.4, 0.5) is 87.8 Å². The summed E-state index contributed by atoms with van der Waals surface area (Å²) in [5.41, 5.74) is -1.93. The van der Waals surface area contributed by atoms with Crippen LogP contribution in [0, 0.1) is 64.1 Å². The highest BCUT2D eigenvalue weighted by molar-refractivity contribution is 7.97. The third kappa shape index (κ3) is 26.8. The Morgan fingerprint density at radius 3 is 0.918 bits per heavy atom. The fourth-order valence-electron chi connectivity index (χ4n) is 23.0. The van der Waals surface area contributed by atoms with Crippen molar-refractivity contribution in [2.75, 3.05) is 64.4 Å². The molecule has 7 aromatic carbocycles. The molecule has 0 amide bonds. The minimum Gasteiger partial charge on any atom is -0.461 e. The van der Waals surface area contributed by atoms with Crippen molar-refractivity contribution in [2.45, 2.75) is 294 Å². The third-order valence-corrected chi connectivity index (χ3v) is 36.0. The molecule has 0 N–H and O–H groups in total. The van der Waals surface area contributed by atoms with Crippen LogP contribution in [0.25, 0.3) is 0 Å². The Labute approximate surface area is 851 Å². The second kappa shape index (κ2) is 46.1. The Morgan fingerprint density at radius 1 is 0.374 bits per heavy atom. The molecule has 147 heavy (non-hydrogen) atoms. The Bertz CT molecular complexity index is 4940. The van der Waals surface area contributed by atoms with Gasteiger partial charge >= 0.3 is 95.2 Å². The maximum atomic E-state index is 14.1. The third-order valence-electron chi connectivity index (χ3n) is 29.3. The van der Waals surface area contributed by atoms with Crippen LogP contribution in [0.15, 0.2) is 241 Å². The van der Waals surface area contributed by atoms with Gasteiger partial charge in [0.05, 0.1) is 72.3 Å². The van der Waals surface area contributed by atoms with Gasteiger partial charge in [-0.25, -0.2) is 31.9 Å². The minimum atomic E-state index is -5.71. The number of halogens is 20. The maximum absolute atomic E-state index is 14.1. The standard InChI is InChI=1S/2C21H27F7O5.2C18H15S.C17H20F6O4.C14H21OS/c2*1-3-31-16(30)20(21(26,27)28,32-5-4-19(24,25)17(2,22)23)33-15(29)18-9-12-6-13(10-18)8-14(7-12)11-18;2*1-4-10-16(11-5-1)19(17-12-6-2-7-13-17)18-14-8-3-9-15-18;1-13(18,19)12(24)27-14-4-9-2-10(5-14)17(11(3-9)6-14)25-7-15(20,21)16(22,23)8-26-17;1-14(2,3)12-4-6-13(7-5-12)16-10-8-15-9-11-16/h2*12-14H,3-11H2,1-2H3;2*1-15H;9-11H,2-8H2,1H3;4-7H,8-11H2,1-3H3/q;;2*+1;;+1.